The molecule has 1 aromatic rings. The van der Waals surface area contributed by atoms with Crippen LogP contribution in [0.25, 0.3) is 0 Å². The predicted molar refractivity (Wildman–Crippen MR) is 68.6 cm³/mol. The fourth-order valence-corrected chi connectivity index (χ4v) is 2.64. The van der Waals surface area contributed by atoms with Crippen molar-refractivity contribution in [1.82, 2.24) is 0 Å². The summed E-state index contributed by atoms with van der Waals surface area (Å²) in [6.07, 6.45) is 0.782. The first-order chi connectivity index (χ1) is 7.60. The Morgan fingerprint density at radius 3 is 2.56 bits per heavy atom. The predicted octanol–water partition coefficient (Wildman–Crippen LogP) is 3.01. The quantitative estimate of drug-likeness (QED) is 0.847. The van der Waals surface area contributed by atoms with Crippen LogP contribution in [0.4, 0.5) is 0 Å². The molecule has 2 N–H and O–H groups in total. The second kappa shape index (κ2) is 6.23. The lowest BCUT2D eigenvalue weighted by molar-refractivity contribution is 0.141. The average molecular weight is 288 g/mol. The van der Waals surface area contributed by atoms with E-state index in [0.717, 1.165) is 22.2 Å². The molecular weight excluding hydrogens is 270 g/mol. The van der Waals surface area contributed by atoms with E-state index in [9.17, 15) is 0 Å². The van der Waals surface area contributed by atoms with Crippen molar-refractivity contribution in [2.45, 2.75) is 26.2 Å². The van der Waals surface area contributed by atoms with Crippen LogP contribution < -0.4 is 10.6 Å². The number of benzene rings is 1. The smallest absolute Gasteiger partial charge is 0.123 e. The fourth-order valence-electron chi connectivity index (χ4n) is 1.70. The minimum Gasteiger partial charge on any atom is -0.496 e. The van der Waals surface area contributed by atoms with Crippen molar-refractivity contribution in [1.29, 1.82) is 0 Å². The van der Waals surface area contributed by atoms with Crippen LogP contribution in [0.5, 0.6) is 5.75 Å². The molecule has 1 aromatic carbocycles. The Bertz CT molecular complexity index is 353. The third kappa shape index (κ3) is 3.20. The summed E-state index contributed by atoms with van der Waals surface area (Å²) in [6, 6.07) is 4.13. The van der Waals surface area contributed by atoms with Crippen molar-refractivity contribution in [3.63, 3.8) is 0 Å². The van der Waals surface area contributed by atoms with Crippen molar-refractivity contribution >= 4 is 15.9 Å². The number of ether oxygens (including phenoxy) is 1. The van der Waals surface area contributed by atoms with Gasteiger partial charge in [0.25, 0.3) is 0 Å². The summed E-state index contributed by atoms with van der Waals surface area (Å²) in [4.78, 5) is 4.58. The molecule has 16 heavy (non-hydrogen) atoms. The summed E-state index contributed by atoms with van der Waals surface area (Å²) in [5.41, 5.74) is 2.35. The molecule has 0 spiro atoms. The summed E-state index contributed by atoms with van der Waals surface area (Å²) < 4.78 is 6.48. The van der Waals surface area contributed by atoms with Gasteiger partial charge in [-0.3, -0.25) is 0 Å². The molecular formula is C12H18BrNO2. The zero-order chi connectivity index (χ0) is 12.1. The van der Waals surface area contributed by atoms with Crippen LogP contribution in [0.2, 0.25) is 0 Å². The Hall–Kier alpha value is -0.580. The van der Waals surface area contributed by atoms with Gasteiger partial charge in [0.1, 0.15) is 5.75 Å². The van der Waals surface area contributed by atoms with Crippen molar-refractivity contribution in [2.75, 3.05) is 13.7 Å². The van der Waals surface area contributed by atoms with E-state index < -0.39 is 0 Å². The molecule has 0 atom stereocenters. The molecule has 4 heteroatoms. The highest BCUT2D eigenvalue weighted by molar-refractivity contribution is 9.10. The first-order valence-electron chi connectivity index (χ1n) is 5.28. The zero-order valence-electron chi connectivity index (χ0n) is 9.92. The SMILES string of the molecule is COc1cc(CCON)cc(Br)c1C(C)C. The van der Waals surface area contributed by atoms with E-state index in [4.69, 9.17) is 10.6 Å². The Morgan fingerprint density at radius 1 is 1.38 bits per heavy atom. The van der Waals surface area contributed by atoms with Crippen LogP contribution in [-0.4, -0.2) is 13.7 Å². The normalized spacial score (nSPS) is 10.9. The van der Waals surface area contributed by atoms with Crippen molar-refractivity contribution < 1.29 is 9.57 Å². The molecule has 0 saturated carbocycles. The van der Waals surface area contributed by atoms with Crippen LogP contribution in [0.1, 0.15) is 30.9 Å². The molecule has 0 aromatic heterocycles. The third-order valence-corrected chi connectivity index (χ3v) is 3.11. The molecule has 0 aliphatic rings. The average Bonchev–Trinajstić information content (AvgIpc) is 2.24. The van der Waals surface area contributed by atoms with Gasteiger partial charge in [-0.05, 0) is 30.0 Å². The molecule has 0 bridgehead atoms. The molecule has 0 unspecified atom stereocenters. The first kappa shape index (κ1) is 13.5. The van der Waals surface area contributed by atoms with Gasteiger partial charge in [0.15, 0.2) is 0 Å². The number of hydrogen-bond donors (Lipinski definition) is 1. The van der Waals surface area contributed by atoms with E-state index in [2.05, 4.69) is 40.7 Å². The lowest BCUT2D eigenvalue weighted by Crippen LogP contribution is -2.05. The molecule has 3 nitrogen and oxygen atoms in total. The lowest BCUT2D eigenvalue weighted by atomic mass is 9.99. The number of rotatable bonds is 5. The second-order valence-electron chi connectivity index (χ2n) is 3.97. The summed E-state index contributed by atoms with van der Waals surface area (Å²) >= 11 is 3.58. The summed E-state index contributed by atoms with van der Waals surface area (Å²) in [5, 5.41) is 0. The summed E-state index contributed by atoms with van der Waals surface area (Å²) in [5.74, 6) is 6.35. The molecule has 0 radical (unpaired) electrons. The molecule has 0 aliphatic heterocycles. The highest BCUT2D eigenvalue weighted by Crippen LogP contribution is 2.34. The lowest BCUT2D eigenvalue weighted by Gasteiger charge is -2.15. The third-order valence-electron chi connectivity index (χ3n) is 2.46. The van der Waals surface area contributed by atoms with Gasteiger partial charge in [-0.25, -0.2) is 5.90 Å². The van der Waals surface area contributed by atoms with Gasteiger partial charge in [-0.2, -0.15) is 0 Å². The number of halogens is 1. The van der Waals surface area contributed by atoms with E-state index in [0.29, 0.717) is 12.5 Å². The van der Waals surface area contributed by atoms with Gasteiger partial charge in [0, 0.05) is 10.0 Å². The summed E-state index contributed by atoms with van der Waals surface area (Å²) in [6.45, 7) is 4.80. The minimum atomic E-state index is 0.420. The molecule has 0 heterocycles. The molecule has 0 amide bonds. The Labute approximate surface area is 105 Å². The van der Waals surface area contributed by atoms with Gasteiger partial charge in [0.05, 0.1) is 13.7 Å². The maximum absolute atomic E-state index is 5.41. The van der Waals surface area contributed by atoms with Crippen molar-refractivity contribution in [3.8, 4) is 5.75 Å². The molecule has 0 fully saturated rings. The monoisotopic (exact) mass is 287 g/mol. The zero-order valence-corrected chi connectivity index (χ0v) is 11.5. The highest BCUT2D eigenvalue weighted by atomic mass is 79.9. The number of methoxy groups -OCH3 is 1. The van der Waals surface area contributed by atoms with Crippen molar-refractivity contribution in [3.05, 3.63) is 27.7 Å². The highest BCUT2D eigenvalue weighted by Gasteiger charge is 2.13. The van der Waals surface area contributed by atoms with Crippen LogP contribution in [0.15, 0.2) is 16.6 Å². The Balaban J connectivity index is 3.06. The maximum Gasteiger partial charge on any atom is 0.123 e. The topological polar surface area (TPSA) is 44.5 Å². The van der Waals surface area contributed by atoms with E-state index in [1.54, 1.807) is 7.11 Å². The second-order valence-corrected chi connectivity index (χ2v) is 4.82. The van der Waals surface area contributed by atoms with E-state index in [1.807, 2.05) is 6.07 Å². The van der Waals surface area contributed by atoms with Gasteiger partial charge in [-0.15, -0.1) is 0 Å². The number of hydrogen-bond acceptors (Lipinski definition) is 3. The van der Waals surface area contributed by atoms with Crippen LogP contribution in [0, 0.1) is 0 Å². The van der Waals surface area contributed by atoms with Crippen LogP contribution in [-0.2, 0) is 11.3 Å². The molecule has 90 valence electrons. The number of nitrogens with two attached hydrogens (primary N) is 1. The fraction of sp³-hybridized carbons (Fsp3) is 0.500. The van der Waals surface area contributed by atoms with Gasteiger partial charge in [0.2, 0.25) is 0 Å². The first-order valence-corrected chi connectivity index (χ1v) is 6.07. The van der Waals surface area contributed by atoms with E-state index in [-0.39, 0.29) is 0 Å². The standard InChI is InChI=1S/C12H18BrNO2/c1-8(2)12-10(13)6-9(4-5-16-14)7-11(12)15-3/h6-8H,4-5,14H2,1-3H3. The largest absolute Gasteiger partial charge is 0.496 e. The van der Waals surface area contributed by atoms with E-state index >= 15 is 0 Å². The van der Waals surface area contributed by atoms with Gasteiger partial charge >= 0.3 is 0 Å². The molecule has 1 rings (SSSR count). The van der Waals surface area contributed by atoms with Crippen molar-refractivity contribution in [2.24, 2.45) is 5.90 Å². The Kier molecular flexibility index (Phi) is 5.25. The maximum atomic E-state index is 5.41. The van der Waals surface area contributed by atoms with Gasteiger partial charge in [-0.1, -0.05) is 29.8 Å². The summed E-state index contributed by atoms with van der Waals surface area (Å²) in [7, 11) is 1.69. The molecule has 0 saturated heterocycles. The van der Waals surface area contributed by atoms with E-state index in [1.165, 1.54) is 5.56 Å². The molecule has 0 aliphatic carbocycles. The van der Waals surface area contributed by atoms with Crippen LogP contribution >= 0.6 is 15.9 Å². The van der Waals surface area contributed by atoms with Crippen LogP contribution in [0.3, 0.4) is 0 Å². The van der Waals surface area contributed by atoms with Gasteiger partial charge < -0.3 is 9.57 Å². The minimum absolute atomic E-state index is 0.420. The Morgan fingerprint density at radius 2 is 2.06 bits per heavy atom.